The van der Waals surface area contributed by atoms with Crippen LogP contribution in [0.25, 0.3) is 0 Å². The van der Waals surface area contributed by atoms with E-state index in [-0.39, 0.29) is 0 Å². The Labute approximate surface area is 110 Å². The van der Waals surface area contributed by atoms with E-state index in [0.717, 1.165) is 22.2 Å². The number of hydrogen-bond donors (Lipinski definition) is 1. The minimum absolute atomic E-state index is 0.455. The van der Waals surface area contributed by atoms with Crippen LogP contribution >= 0.6 is 22.6 Å². The van der Waals surface area contributed by atoms with Crippen molar-refractivity contribution in [1.82, 2.24) is 9.97 Å². The van der Waals surface area contributed by atoms with Crippen molar-refractivity contribution in [3.63, 3.8) is 0 Å². The summed E-state index contributed by atoms with van der Waals surface area (Å²) >= 11 is 2.27. The number of nitrogen functional groups attached to an aromatic ring is 1. The second kappa shape index (κ2) is 4.85. The van der Waals surface area contributed by atoms with Crippen LogP contribution in [0, 0.1) is 3.57 Å². The third kappa shape index (κ3) is 2.31. The first-order valence-corrected chi connectivity index (χ1v) is 7.08. The van der Waals surface area contributed by atoms with Crippen molar-refractivity contribution in [2.75, 3.05) is 5.73 Å². The minimum Gasteiger partial charge on any atom is -0.383 e. The molecule has 1 aliphatic carbocycles. The molecule has 1 aromatic heterocycles. The van der Waals surface area contributed by atoms with Gasteiger partial charge in [-0.1, -0.05) is 13.8 Å². The Bertz CT molecular complexity index is 384. The standard InChI is InChI=1S/C12H18IN3/c1-3-7(4-2)12-15-10(8-5-6-8)9(13)11(14)16-12/h7-8H,3-6H2,1-2H3,(H2,14,15,16). The van der Waals surface area contributed by atoms with E-state index in [1.807, 2.05) is 0 Å². The average Bonchev–Trinajstić information content (AvgIpc) is 3.08. The molecule has 2 N–H and O–H groups in total. The summed E-state index contributed by atoms with van der Waals surface area (Å²) in [6.07, 6.45) is 4.69. The summed E-state index contributed by atoms with van der Waals surface area (Å²) in [5.74, 6) is 2.71. The second-order valence-corrected chi connectivity index (χ2v) is 5.53. The van der Waals surface area contributed by atoms with Gasteiger partial charge in [-0.05, 0) is 48.3 Å². The van der Waals surface area contributed by atoms with E-state index in [1.54, 1.807) is 0 Å². The van der Waals surface area contributed by atoms with Crippen LogP contribution in [0.2, 0.25) is 0 Å². The minimum atomic E-state index is 0.455. The molecular formula is C12H18IN3. The Hall–Kier alpha value is -0.390. The predicted octanol–water partition coefficient (Wildman–Crippen LogP) is 3.44. The molecule has 1 aromatic rings. The molecule has 0 unspecified atom stereocenters. The lowest BCUT2D eigenvalue weighted by Crippen LogP contribution is -2.10. The van der Waals surface area contributed by atoms with Crippen LogP contribution in [-0.4, -0.2) is 9.97 Å². The lowest BCUT2D eigenvalue weighted by atomic mass is 10.0. The van der Waals surface area contributed by atoms with E-state index in [2.05, 4.69) is 41.4 Å². The first-order chi connectivity index (χ1) is 7.67. The summed E-state index contributed by atoms with van der Waals surface area (Å²) in [6, 6.07) is 0. The van der Waals surface area contributed by atoms with Crippen molar-refractivity contribution >= 4 is 28.4 Å². The molecule has 0 amide bonds. The van der Waals surface area contributed by atoms with E-state index in [1.165, 1.54) is 18.5 Å². The van der Waals surface area contributed by atoms with Gasteiger partial charge in [0, 0.05) is 11.8 Å². The molecule has 0 radical (unpaired) electrons. The average molecular weight is 331 g/mol. The summed E-state index contributed by atoms with van der Waals surface area (Å²) in [5, 5.41) is 0. The van der Waals surface area contributed by atoms with Gasteiger partial charge < -0.3 is 5.73 Å². The summed E-state index contributed by atoms with van der Waals surface area (Å²) < 4.78 is 1.06. The SMILES string of the molecule is CCC(CC)c1nc(N)c(I)c(C2CC2)n1. The lowest BCUT2D eigenvalue weighted by Gasteiger charge is -2.14. The van der Waals surface area contributed by atoms with Gasteiger partial charge in [-0.3, -0.25) is 0 Å². The van der Waals surface area contributed by atoms with Crippen molar-refractivity contribution in [3.8, 4) is 0 Å². The Morgan fingerprint density at radius 3 is 2.44 bits per heavy atom. The topological polar surface area (TPSA) is 51.8 Å². The van der Waals surface area contributed by atoms with Gasteiger partial charge in [0.05, 0.1) is 9.26 Å². The monoisotopic (exact) mass is 331 g/mol. The highest BCUT2D eigenvalue weighted by Gasteiger charge is 2.29. The number of nitrogens with two attached hydrogens (primary N) is 1. The molecule has 4 heteroatoms. The van der Waals surface area contributed by atoms with Gasteiger partial charge in [-0.15, -0.1) is 0 Å². The summed E-state index contributed by atoms with van der Waals surface area (Å²) in [4.78, 5) is 9.18. The number of nitrogens with zero attached hydrogens (tertiary/aromatic N) is 2. The van der Waals surface area contributed by atoms with Gasteiger partial charge in [-0.25, -0.2) is 9.97 Å². The Balaban J connectivity index is 2.39. The van der Waals surface area contributed by atoms with Crippen LogP contribution in [0.15, 0.2) is 0 Å². The number of anilines is 1. The second-order valence-electron chi connectivity index (χ2n) is 4.45. The molecule has 88 valence electrons. The first-order valence-electron chi connectivity index (χ1n) is 6.00. The van der Waals surface area contributed by atoms with Crippen molar-refractivity contribution in [3.05, 3.63) is 15.1 Å². The molecular weight excluding hydrogens is 313 g/mol. The molecule has 0 atom stereocenters. The molecule has 2 rings (SSSR count). The fourth-order valence-corrected chi connectivity index (χ4v) is 2.65. The largest absolute Gasteiger partial charge is 0.383 e. The highest BCUT2D eigenvalue weighted by atomic mass is 127. The van der Waals surface area contributed by atoms with Crippen molar-refractivity contribution in [1.29, 1.82) is 0 Å². The zero-order valence-corrected chi connectivity index (χ0v) is 12.0. The molecule has 0 bridgehead atoms. The highest BCUT2D eigenvalue weighted by Crippen LogP contribution is 2.42. The molecule has 1 heterocycles. The highest BCUT2D eigenvalue weighted by molar-refractivity contribution is 14.1. The third-order valence-electron chi connectivity index (χ3n) is 3.23. The van der Waals surface area contributed by atoms with Gasteiger partial charge in [-0.2, -0.15) is 0 Å². The summed E-state index contributed by atoms with van der Waals surface area (Å²) in [6.45, 7) is 4.37. The van der Waals surface area contributed by atoms with Crippen LogP contribution in [-0.2, 0) is 0 Å². The van der Waals surface area contributed by atoms with Crippen LogP contribution in [0.4, 0.5) is 5.82 Å². The maximum absolute atomic E-state index is 5.98. The number of aromatic nitrogens is 2. The van der Waals surface area contributed by atoms with Gasteiger partial charge in [0.15, 0.2) is 0 Å². The smallest absolute Gasteiger partial charge is 0.140 e. The van der Waals surface area contributed by atoms with E-state index in [9.17, 15) is 0 Å². The zero-order valence-electron chi connectivity index (χ0n) is 9.83. The van der Waals surface area contributed by atoms with E-state index >= 15 is 0 Å². The molecule has 1 fully saturated rings. The number of rotatable bonds is 4. The molecule has 0 aromatic carbocycles. The molecule has 1 aliphatic rings. The van der Waals surface area contributed by atoms with E-state index in [0.29, 0.717) is 17.7 Å². The van der Waals surface area contributed by atoms with Crippen molar-refractivity contribution in [2.24, 2.45) is 0 Å². The third-order valence-corrected chi connectivity index (χ3v) is 4.34. The first kappa shape index (κ1) is 12.1. The summed E-state index contributed by atoms with van der Waals surface area (Å²) in [5.41, 5.74) is 7.17. The molecule has 3 nitrogen and oxygen atoms in total. The fraction of sp³-hybridized carbons (Fsp3) is 0.667. The number of halogens is 1. The van der Waals surface area contributed by atoms with Crippen molar-refractivity contribution < 1.29 is 0 Å². The van der Waals surface area contributed by atoms with E-state index in [4.69, 9.17) is 10.7 Å². The number of hydrogen-bond acceptors (Lipinski definition) is 3. The normalized spacial score (nSPS) is 15.8. The van der Waals surface area contributed by atoms with Crippen LogP contribution < -0.4 is 5.73 Å². The Kier molecular flexibility index (Phi) is 3.66. The van der Waals surface area contributed by atoms with Gasteiger partial charge in [0.1, 0.15) is 11.6 Å². The Morgan fingerprint density at radius 1 is 1.31 bits per heavy atom. The maximum atomic E-state index is 5.98. The van der Waals surface area contributed by atoms with Crippen LogP contribution in [0.1, 0.15) is 62.9 Å². The molecule has 0 aliphatic heterocycles. The maximum Gasteiger partial charge on any atom is 0.140 e. The molecule has 0 spiro atoms. The van der Waals surface area contributed by atoms with Crippen LogP contribution in [0.5, 0.6) is 0 Å². The Morgan fingerprint density at radius 2 is 1.94 bits per heavy atom. The van der Waals surface area contributed by atoms with Crippen molar-refractivity contribution in [2.45, 2.75) is 51.4 Å². The van der Waals surface area contributed by atoms with Gasteiger partial charge in [0.2, 0.25) is 0 Å². The quantitative estimate of drug-likeness (QED) is 0.860. The molecule has 16 heavy (non-hydrogen) atoms. The lowest BCUT2D eigenvalue weighted by molar-refractivity contribution is 0.598. The summed E-state index contributed by atoms with van der Waals surface area (Å²) in [7, 11) is 0. The van der Waals surface area contributed by atoms with E-state index < -0.39 is 0 Å². The molecule has 1 saturated carbocycles. The van der Waals surface area contributed by atoms with Gasteiger partial charge in [0.25, 0.3) is 0 Å². The zero-order chi connectivity index (χ0) is 11.7. The predicted molar refractivity (Wildman–Crippen MR) is 74.5 cm³/mol. The van der Waals surface area contributed by atoms with Gasteiger partial charge >= 0.3 is 0 Å². The molecule has 0 saturated heterocycles. The van der Waals surface area contributed by atoms with Crippen LogP contribution in [0.3, 0.4) is 0 Å². The fourth-order valence-electron chi connectivity index (χ4n) is 1.96.